The van der Waals surface area contributed by atoms with Crippen molar-refractivity contribution < 1.29 is 9.59 Å². The number of likely N-dealkylation sites (tertiary alicyclic amines) is 3. The molecule has 0 aliphatic carbocycles. The van der Waals surface area contributed by atoms with E-state index in [4.69, 9.17) is 0 Å². The zero-order valence-electron chi connectivity index (χ0n) is 13.5. The standard InChI is InChI=1S/C15H26N4O2S/c1-16-7-13(20)17-5-3-15(4-6-17)10-19(11-15)14(21)18-8-12(9-18)22-2/h12,16H,3-11H2,1-2H3. The van der Waals surface area contributed by atoms with E-state index in [1.165, 1.54) is 0 Å². The Kier molecular flexibility index (Phi) is 4.54. The Morgan fingerprint density at radius 2 is 1.77 bits per heavy atom. The number of rotatable bonds is 3. The van der Waals surface area contributed by atoms with Crippen LogP contribution in [-0.4, -0.2) is 91.0 Å². The lowest BCUT2D eigenvalue weighted by molar-refractivity contribution is -0.134. The first-order valence-electron chi connectivity index (χ1n) is 8.06. The molecule has 3 aliphatic heterocycles. The molecule has 0 bridgehead atoms. The topological polar surface area (TPSA) is 55.9 Å². The lowest BCUT2D eigenvalue weighted by Gasteiger charge is -2.55. The second-order valence-corrected chi connectivity index (χ2v) is 7.95. The summed E-state index contributed by atoms with van der Waals surface area (Å²) >= 11 is 1.84. The van der Waals surface area contributed by atoms with E-state index in [9.17, 15) is 9.59 Å². The number of hydrogen-bond acceptors (Lipinski definition) is 4. The van der Waals surface area contributed by atoms with Gasteiger partial charge in [0.05, 0.1) is 6.54 Å². The Morgan fingerprint density at radius 1 is 1.14 bits per heavy atom. The number of amides is 3. The summed E-state index contributed by atoms with van der Waals surface area (Å²) in [6, 6.07) is 0.213. The van der Waals surface area contributed by atoms with Gasteiger partial charge in [0.2, 0.25) is 5.91 Å². The summed E-state index contributed by atoms with van der Waals surface area (Å²) in [4.78, 5) is 30.1. The van der Waals surface area contributed by atoms with Crippen LogP contribution >= 0.6 is 11.8 Å². The van der Waals surface area contributed by atoms with Gasteiger partial charge in [-0.2, -0.15) is 11.8 Å². The van der Waals surface area contributed by atoms with Crippen LogP contribution in [0.3, 0.4) is 0 Å². The van der Waals surface area contributed by atoms with E-state index in [1.54, 1.807) is 7.05 Å². The van der Waals surface area contributed by atoms with Gasteiger partial charge >= 0.3 is 6.03 Å². The number of urea groups is 1. The van der Waals surface area contributed by atoms with Crippen molar-refractivity contribution in [3.8, 4) is 0 Å². The molecule has 1 spiro atoms. The van der Waals surface area contributed by atoms with E-state index < -0.39 is 0 Å². The quantitative estimate of drug-likeness (QED) is 0.810. The molecule has 3 heterocycles. The van der Waals surface area contributed by atoms with E-state index in [2.05, 4.69) is 11.6 Å². The predicted molar refractivity (Wildman–Crippen MR) is 88.0 cm³/mol. The number of likely N-dealkylation sites (N-methyl/N-ethyl adjacent to an activating group) is 1. The fourth-order valence-corrected chi connectivity index (χ4v) is 4.31. The van der Waals surface area contributed by atoms with Crippen LogP contribution in [0.1, 0.15) is 12.8 Å². The number of piperidine rings is 1. The molecule has 0 aromatic heterocycles. The number of nitrogens with zero attached hydrogens (tertiary/aromatic N) is 3. The number of thioether (sulfide) groups is 1. The number of carbonyl (C=O) groups is 2. The van der Waals surface area contributed by atoms with Crippen molar-refractivity contribution in [3.05, 3.63) is 0 Å². The molecule has 3 saturated heterocycles. The van der Waals surface area contributed by atoms with Crippen LogP contribution in [0.5, 0.6) is 0 Å². The molecule has 3 amide bonds. The van der Waals surface area contributed by atoms with Crippen LogP contribution in [0.15, 0.2) is 0 Å². The minimum absolute atomic E-state index is 0.188. The fraction of sp³-hybridized carbons (Fsp3) is 0.867. The predicted octanol–water partition coefficient (Wildman–Crippen LogP) is 0.297. The summed E-state index contributed by atoms with van der Waals surface area (Å²) in [6.45, 7) is 5.64. The highest BCUT2D eigenvalue weighted by Gasteiger charge is 2.49. The molecule has 124 valence electrons. The van der Waals surface area contributed by atoms with Gasteiger partial charge in [0.15, 0.2) is 0 Å². The van der Waals surface area contributed by atoms with Gasteiger partial charge in [-0.25, -0.2) is 4.79 Å². The maximum absolute atomic E-state index is 12.3. The van der Waals surface area contributed by atoms with Gasteiger partial charge in [0, 0.05) is 49.9 Å². The molecular weight excluding hydrogens is 300 g/mol. The molecule has 0 saturated carbocycles. The van der Waals surface area contributed by atoms with Gasteiger partial charge in [-0.05, 0) is 26.1 Å². The lowest BCUT2D eigenvalue weighted by atomic mass is 9.72. The van der Waals surface area contributed by atoms with Crippen molar-refractivity contribution in [1.82, 2.24) is 20.0 Å². The number of nitrogens with one attached hydrogen (secondary N) is 1. The molecule has 3 fully saturated rings. The first kappa shape index (κ1) is 15.9. The Bertz CT molecular complexity index is 437. The van der Waals surface area contributed by atoms with Crippen LogP contribution in [0.25, 0.3) is 0 Å². The van der Waals surface area contributed by atoms with Crippen LogP contribution < -0.4 is 5.32 Å². The Hall–Kier alpha value is -0.950. The van der Waals surface area contributed by atoms with Gasteiger partial charge in [-0.1, -0.05) is 0 Å². The molecule has 7 heteroatoms. The van der Waals surface area contributed by atoms with Crippen molar-refractivity contribution in [3.63, 3.8) is 0 Å². The smallest absolute Gasteiger partial charge is 0.320 e. The highest BCUT2D eigenvalue weighted by Crippen LogP contribution is 2.41. The van der Waals surface area contributed by atoms with E-state index in [1.807, 2.05) is 26.5 Å². The highest BCUT2D eigenvalue weighted by molar-refractivity contribution is 7.99. The molecule has 0 aromatic carbocycles. The van der Waals surface area contributed by atoms with E-state index in [0.717, 1.165) is 52.1 Å². The largest absolute Gasteiger partial charge is 0.342 e. The molecule has 0 unspecified atom stereocenters. The van der Waals surface area contributed by atoms with Crippen molar-refractivity contribution in [1.29, 1.82) is 0 Å². The molecule has 1 N–H and O–H groups in total. The molecule has 3 aliphatic rings. The first-order valence-corrected chi connectivity index (χ1v) is 9.35. The monoisotopic (exact) mass is 326 g/mol. The molecule has 6 nitrogen and oxygen atoms in total. The van der Waals surface area contributed by atoms with Gasteiger partial charge in [0.1, 0.15) is 0 Å². The maximum Gasteiger partial charge on any atom is 0.320 e. The molecular formula is C15H26N4O2S. The highest BCUT2D eigenvalue weighted by atomic mass is 32.2. The zero-order valence-corrected chi connectivity index (χ0v) is 14.3. The summed E-state index contributed by atoms with van der Waals surface area (Å²) < 4.78 is 0. The van der Waals surface area contributed by atoms with Crippen molar-refractivity contribution >= 4 is 23.7 Å². The van der Waals surface area contributed by atoms with Crippen molar-refractivity contribution in [2.24, 2.45) is 5.41 Å². The van der Waals surface area contributed by atoms with Crippen LogP contribution in [0, 0.1) is 5.41 Å². The molecule has 0 atom stereocenters. The number of carbonyl (C=O) groups excluding carboxylic acids is 2. The summed E-state index contributed by atoms with van der Waals surface area (Å²) in [5, 5.41) is 3.54. The Balaban J connectivity index is 1.42. The number of hydrogen-bond donors (Lipinski definition) is 1. The third kappa shape index (κ3) is 2.93. The first-order chi connectivity index (χ1) is 10.6. The third-order valence-corrected chi connectivity index (χ3v) is 6.24. The van der Waals surface area contributed by atoms with Gasteiger partial charge in [0.25, 0.3) is 0 Å². The van der Waals surface area contributed by atoms with E-state index in [0.29, 0.717) is 11.8 Å². The summed E-state index contributed by atoms with van der Waals surface area (Å²) in [5.41, 5.74) is 0.274. The van der Waals surface area contributed by atoms with E-state index in [-0.39, 0.29) is 17.4 Å². The van der Waals surface area contributed by atoms with Crippen molar-refractivity contribution in [2.45, 2.75) is 18.1 Å². The van der Waals surface area contributed by atoms with Gasteiger partial charge < -0.3 is 20.0 Å². The van der Waals surface area contributed by atoms with Gasteiger partial charge in [-0.3, -0.25) is 4.79 Å². The molecule has 3 rings (SSSR count). The molecule has 22 heavy (non-hydrogen) atoms. The Labute approximate surface area is 136 Å². The zero-order chi connectivity index (χ0) is 15.7. The third-order valence-electron chi connectivity index (χ3n) is 5.28. The summed E-state index contributed by atoms with van der Waals surface area (Å²) in [5.74, 6) is 0.188. The van der Waals surface area contributed by atoms with Crippen LogP contribution in [0.4, 0.5) is 4.79 Å². The maximum atomic E-state index is 12.3. The molecule has 0 radical (unpaired) electrons. The normalized spacial score (nSPS) is 24.2. The summed E-state index contributed by atoms with van der Waals surface area (Å²) in [7, 11) is 1.80. The van der Waals surface area contributed by atoms with Gasteiger partial charge in [-0.15, -0.1) is 0 Å². The summed E-state index contributed by atoms with van der Waals surface area (Å²) in [6.07, 6.45) is 4.16. The minimum Gasteiger partial charge on any atom is -0.342 e. The Morgan fingerprint density at radius 3 is 2.32 bits per heavy atom. The van der Waals surface area contributed by atoms with Crippen LogP contribution in [0.2, 0.25) is 0 Å². The lowest BCUT2D eigenvalue weighted by Crippen LogP contribution is -2.67. The van der Waals surface area contributed by atoms with Crippen LogP contribution in [-0.2, 0) is 4.79 Å². The molecule has 0 aromatic rings. The second kappa shape index (κ2) is 6.28. The van der Waals surface area contributed by atoms with E-state index >= 15 is 0 Å². The second-order valence-electron chi connectivity index (χ2n) is 6.81. The average molecular weight is 326 g/mol. The SMILES string of the molecule is CNCC(=O)N1CCC2(CC1)CN(C(=O)N1CC(SC)C1)C2. The van der Waals surface area contributed by atoms with Crippen molar-refractivity contribution in [2.75, 3.05) is 59.1 Å². The fourth-order valence-electron chi connectivity index (χ4n) is 3.65. The average Bonchev–Trinajstić information content (AvgIpc) is 2.44. The minimum atomic E-state index is 0.188.